The van der Waals surface area contributed by atoms with Crippen molar-refractivity contribution >= 4 is 22.6 Å². The summed E-state index contributed by atoms with van der Waals surface area (Å²) in [6, 6.07) is 19.1. The van der Waals surface area contributed by atoms with Crippen LogP contribution in [0.4, 0.5) is 5.69 Å². The third kappa shape index (κ3) is 5.14. The lowest BCUT2D eigenvalue weighted by Gasteiger charge is -2.11. The lowest BCUT2D eigenvalue weighted by Crippen LogP contribution is -2.20. The van der Waals surface area contributed by atoms with Crippen LogP contribution in [0.5, 0.6) is 11.5 Å². The van der Waals surface area contributed by atoms with Gasteiger partial charge in [0.1, 0.15) is 22.5 Å². The first kappa shape index (κ1) is 22.3. The molecule has 1 aromatic heterocycles. The van der Waals surface area contributed by atoms with Gasteiger partial charge in [-0.25, -0.2) is 0 Å². The summed E-state index contributed by atoms with van der Waals surface area (Å²) < 4.78 is 10.9. The summed E-state index contributed by atoms with van der Waals surface area (Å²) in [6.45, 7) is 6.21. The highest BCUT2D eigenvalue weighted by atomic mass is 16.5. The molecule has 0 aliphatic rings. The molecule has 0 saturated carbocycles. The topological polar surface area (TPSA) is 78.3 Å². The molecule has 33 heavy (non-hydrogen) atoms. The summed E-state index contributed by atoms with van der Waals surface area (Å²) in [5, 5.41) is 12.0. The van der Waals surface area contributed by atoms with E-state index in [4.69, 9.17) is 9.47 Å². The number of nitrogens with one attached hydrogen (secondary N) is 1. The third-order valence-electron chi connectivity index (χ3n) is 5.74. The van der Waals surface area contributed by atoms with Crippen LogP contribution in [0, 0.1) is 6.92 Å². The summed E-state index contributed by atoms with van der Waals surface area (Å²) in [4.78, 5) is 14.1. The van der Waals surface area contributed by atoms with Crippen LogP contribution in [0.25, 0.3) is 16.7 Å². The van der Waals surface area contributed by atoms with E-state index >= 15 is 0 Å². The van der Waals surface area contributed by atoms with Crippen molar-refractivity contribution in [3.05, 3.63) is 71.8 Å². The first-order valence-corrected chi connectivity index (χ1v) is 11.0. The number of rotatable bonds is 8. The molecule has 4 aromatic rings. The van der Waals surface area contributed by atoms with Gasteiger partial charge in [-0.1, -0.05) is 26.0 Å². The molecule has 0 saturated heterocycles. The van der Waals surface area contributed by atoms with Crippen molar-refractivity contribution in [2.75, 3.05) is 19.0 Å². The van der Waals surface area contributed by atoms with E-state index in [1.54, 1.807) is 11.9 Å². The van der Waals surface area contributed by atoms with E-state index in [9.17, 15) is 4.79 Å². The monoisotopic (exact) mass is 444 g/mol. The summed E-state index contributed by atoms with van der Waals surface area (Å²) >= 11 is 0. The van der Waals surface area contributed by atoms with Gasteiger partial charge < -0.3 is 14.8 Å². The van der Waals surface area contributed by atoms with Crippen molar-refractivity contribution in [1.82, 2.24) is 15.0 Å². The molecule has 7 heteroatoms. The Morgan fingerprint density at radius 3 is 2.27 bits per heavy atom. The number of benzene rings is 3. The van der Waals surface area contributed by atoms with Gasteiger partial charge in [0.25, 0.3) is 5.91 Å². The zero-order valence-corrected chi connectivity index (χ0v) is 19.3. The highest BCUT2D eigenvalue weighted by molar-refractivity contribution is 5.95. The minimum absolute atomic E-state index is 0.0707. The zero-order chi connectivity index (χ0) is 23.4. The lowest BCUT2D eigenvalue weighted by atomic mass is 9.99. The first-order chi connectivity index (χ1) is 16.0. The quantitative estimate of drug-likeness (QED) is 0.401. The highest BCUT2D eigenvalue weighted by Crippen LogP contribution is 2.24. The molecule has 0 spiro atoms. The van der Waals surface area contributed by atoms with Crippen LogP contribution in [0.15, 0.2) is 60.7 Å². The van der Waals surface area contributed by atoms with Crippen molar-refractivity contribution in [2.24, 2.45) is 0 Å². The summed E-state index contributed by atoms with van der Waals surface area (Å²) in [6.07, 6.45) is 1.08. The van der Waals surface area contributed by atoms with E-state index in [1.165, 1.54) is 5.56 Å². The van der Waals surface area contributed by atoms with Gasteiger partial charge >= 0.3 is 0 Å². The van der Waals surface area contributed by atoms with E-state index in [1.807, 2.05) is 67.6 Å². The second-order valence-electron chi connectivity index (χ2n) is 8.06. The SMILES string of the molecule is CC[C@H](C)c1ccc(OCC(=O)Nc2cc3nn(-c4ccc(OC)cc4)nc3cc2C)cc1. The molecule has 1 heterocycles. The van der Waals surface area contributed by atoms with Crippen LogP contribution in [0.1, 0.15) is 37.3 Å². The van der Waals surface area contributed by atoms with Crippen LogP contribution in [-0.4, -0.2) is 34.6 Å². The Morgan fingerprint density at radius 1 is 1.00 bits per heavy atom. The van der Waals surface area contributed by atoms with Crippen LogP contribution in [0.2, 0.25) is 0 Å². The number of amides is 1. The van der Waals surface area contributed by atoms with Crippen LogP contribution >= 0.6 is 0 Å². The number of ether oxygens (including phenoxy) is 2. The summed E-state index contributed by atoms with van der Waals surface area (Å²) in [5.74, 6) is 1.71. The number of aromatic nitrogens is 3. The molecule has 3 aromatic carbocycles. The Labute approximate surface area is 193 Å². The minimum atomic E-state index is -0.231. The standard InChI is InChI=1S/C26H28N4O3/c1-5-17(2)19-6-10-22(11-7-19)33-16-26(31)27-23-15-25-24(14-18(23)3)28-30(29-25)20-8-12-21(32-4)13-9-20/h6-15,17H,5,16H2,1-4H3,(H,27,31)/t17-/m0/s1. The molecule has 1 atom stereocenters. The van der Waals surface area contributed by atoms with E-state index in [0.29, 0.717) is 22.9 Å². The largest absolute Gasteiger partial charge is 0.497 e. The van der Waals surface area contributed by atoms with E-state index in [-0.39, 0.29) is 12.5 Å². The minimum Gasteiger partial charge on any atom is -0.497 e. The van der Waals surface area contributed by atoms with Crippen molar-refractivity contribution < 1.29 is 14.3 Å². The smallest absolute Gasteiger partial charge is 0.262 e. The molecule has 0 bridgehead atoms. The van der Waals surface area contributed by atoms with Gasteiger partial charge in [0.15, 0.2) is 6.61 Å². The predicted molar refractivity (Wildman–Crippen MR) is 129 cm³/mol. The van der Waals surface area contributed by atoms with E-state index in [0.717, 1.165) is 28.9 Å². The first-order valence-electron chi connectivity index (χ1n) is 11.0. The molecule has 0 aliphatic heterocycles. The number of hydrogen-bond donors (Lipinski definition) is 1. The highest BCUT2D eigenvalue weighted by Gasteiger charge is 2.12. The fraction of sp³-hybridized carbons (Fsp3) is 0.269. The number of nitrogens with zero attached hydrogens (tertiary/aromatic N) is 3. The maximum atomic E-state index is 12.5. The van der Waals surface area contributed by atoms with Crippen LogP contribution in [0.3, 0.4) is 0 Å². The van der Waals surface area contributed by atoms with Gasteiger partial charge in [-0.2, -0.15) is 4.80 Å². The van der Waals surface area contributed by atoms with Gasteiger partial charge in [0.2, 0.25) is 0 Å². The van der Waals surface area contributed by atoms with Crippen molar-refractivity contribution in [3.8, 4) is 17.2 Å². The molecule has 1 N–H and O–H groups in total. The fourth-order valence-corrected chi connectivity index (χ4v) is 3.50. The molecule has 0 unspecified atom stereocenters. The summed E-state index contributed by atoms with van der Waals surface area (Å²) in [5.41, 5.74) is 5.11. The molecule has 0 aliphatic carbocycles. The van der Waals surface area contributed by atoms with Gasteiger partial charge in [-0.05, 0) is 78.9 Å². The maximum Gasteiger partial charge on any atom is 0.262 e. The molecule has 1 amide bonds. The molecular formula is C26H28N4O3. The van der Waals surface area contributed by atoms with E-state index in [2.05, 4.69) is 29.4 Å². The molecule has 0 radical (unpaired) electrons. The lowest BCUT2D eigenvalue weighted by molar-refractivity contribution is -0.118. The Balaban J connectivity index is 1.43. The Bertz CT molecular complexity index is 1250. The molecule has 170 valence electrons. The number of fused-ring (bicyclic) bond motifs is 1. The van der Waals surface area contributed by atoms with Crippen molar-refractivity contribution in [2.45, 2.75) is 33.1 Å². The van der Waals surface area contributed by atoms with Crippen LogP contribution in [-0.2, 0) is 4.79 Å². The second kappa shape index (κ2) is 9.73. The van der Waals surface area contributed by atoms with Gasteiger partial charge in [-0.15, -0.1) is 10.2 Å². The Hall–Kier alpha value is -3.87. The van der Waals surface area contributed by atoms with Gasteiger partial charge in [0.05, 0.1) is 12.8 Å². The third-order valence-corrected chi connectivity index (χ3v) is 5.74. The molecule has 7 nitrogen and oxygen atoms in total. The number of anilines is 1. The number of hydrogen-bond acceptors (Lipinski definition) is 5. The Kier molecular flexibility index (Phi) is 6.58. The van der Waals surface area contributed by atoms with Crippen LogP contribution < -0.4 is 14.8 Å². The average Bonchev–Trinajstić information content (AvgIpc) is 3.25. The fourth-order valence-electron chi connectivity index (χ4n) is 3.50. The van der Waals surface area contributed by atoms with Crippen molar-refractivity contribution in [1.29, 1.82) is 0 Å². The number of aryl methyl sites for hydroxylation is 1. The van der Waals surface area contributed by atoms with E-state index < -0.39 is 0 Å². The van der Waals surface area contributed by atoms with Gasteiger partial charge in [-0.3, -0.25) is 4.79 Å². The molecular weight excluding hydrogens is 416 g/mol. The number of carbonyl (C=O) groups is 1. The average molecular weight is 445 g/mol. The molecule has 4 rings (SSSR count). The number of carbonyl (C=O) groups excluding carboxylic acids is 1. The Morgan fingerprint density at radius 2 is 1.64 bits per heavy atom. The zero-order valence-electron chi connectivity index (χ0n) is 19.3. The second-order valence-corrected chi connectivity index (χ2v) is 8.06. The van der Waals surface area contributed by atoms with Gasteiger partial charge in [0, 0.05) is 5.69 Å². The summed E-state index contributed by atoms with van der Waals surface area (Å²) in [7, 11) is 1.63. The molecule has 0 fully saturated rings. The predicted octanol–water partition coefficient (Wildman–Crippen LogP) is 5.27. The maximum absolute atomic E-state index is 12.5. The normalized spacial score (nSPS) is 11.9. The van der Waals surface area contributed by atoms with Crippen molar-refractivity contribution in [3.63, 3.8) is 0 Å². The number of methoxy groups -OCH3 is 1.